The van der Waals surface area contributed by atoms with Crippen molar-refractivity contribution in [2.45, 2.75) is 40.0 Å². The average molecular weight is 286 g/mol. The van der Waals surface area contributed by atoms with Crippen molar-refractivity contribution in [1.82, 2.24) is 9.97 Å². The van der Waals surface area contributed by atoms with Crippen LogP contribution in [0.15, 0.2) is 29.1 Å². The zero-order valence-electron chi connectivity index (χ0n) is 13.3. The Morgan fingerprint density at radius 1 is 1.24 bits per heavy atom. The minimum Gasteiger partial charge on any atom is -0.493 e. The van der Waals surface area contributed by atoms with E-state index in [0.717, 1.165) is 11.3 Å². The van der Waals surface area contributed by atoms with Gasteiger partial charge in [0.25, 0.3) is 5.56 Å². The maximum Gasteiger partial charge on any atom is 0.254 e. The van der Waals surface area contributed by atoms with Crippen LogP contribution in [0.5, 0.6) is 5.75 Å². The normalized spacial score (nSPS) is 11.5. The number of ether oxygens (including phenoxy) is 1. The first-order valence-corrected chi connectivity index (χ1v) is 7.18. The highest BCUT2D eigenvalue weighted by atomic mass is 16.5. The lowest BCUT2D eigenvalue weighted by Crippen LogP contribution is -2.24. The third-order valence-corrected chi connectivity index (χ3v) is 3.30. The molecule has 0 aliphatic rings. The number of hydrogen-bond acceptors (Lipinski definition) is 3. The Bertz CT molecular complexity index is 697. The molecular weight excluding hydrogens is 264 g/mol. The van der Waals surface area contributed by atoms with Crippen LogP contribution in [0.25, 0.3) is 11.3 Å². The van der Waals surface area contributed by atoms with Crippen molar-refractivity contribution in [1.29, 1.82) is 0 Å². The van der Waals surface area contributed by atoms with Crippen LogP contribution in [0, 0.1) is 6.92 Å². The lowest BCUT2D eigenvalue weighted by molar-refractivity contribution is 0.341. The standard InChI is InChI=1S/C17H22N2O2/c1-6-21-13-10-8-7-9-12(13)14-11(2)15(20)19-16(18-14)17(3,4)5/h7-10H,6H2,1-5H3,(H,18,19,20). The highest BCUT2D eigenvalue weighted by Crippen LogP contribution is 2.30. The summed E-state index contributed by atoms with van der Waals surface area (Å²) in [5.41, 5.74) is 1.83. The van der Waals surface area contributed by atoms with Gasteiger partial charge < -0.3 is 9.72 Å². The number of benzene rings is 1. The number of para-hydroxylation sites is 1. The quantitative estimate of drug-likeness (QED) is 0.940. The van der Waals surface area contributed by atoms with E-state index in [1.807, 2.05) is 52.0 Å². The van der Waals surface area contributed by atoms with Gasteiger partial charge in [0.15, 0.2) is 0 Å². The topological polar surface area (TPSA) is 55.0 Å². The van der Waals surface area contributed by atoms with Gasteiger partial charge in [0.2, 0.25) is 0 Å². The summed E-state index contributed by atoms with van der Waals surface area (Å²) in [7, 11) is 0. The van der Waals surface area contributed by atoms with Gasteiger partial charge in [-0.3, -0.25) is 4.79 Å². The molecule has 0 amide bonds. The maximum atomic E-state index is 12.2. The Labute approximate surface area is 125 Å². The van der Waals surface area contributed by atoms with Crippen molar-refractivity contribution in [3.8, 4) is 17.0 Å². The summed E-state index contributed by atoms with van der Waals surface area (Å²) < 4.78 is 5.66. The highest BCUT2D eigenvalue weighted by Gasteiger charge is 2.21. The summed E-state index contributed by atoms with van der Waals surface area (Å²) in [6.07, 6.45) is 0. The second kappa shape index (κ2) is 5.72. The molecule has 0 unspecified atom stereocenters. The van der Waals surface area contributed by atoms with Crippen LogP contribution < -0.4 is 10.3 Å². The largest absolute Gasteiger partial charge is 0.493 e. The molecule has 1 heterocycles. The van der Waals surface area contributed by atoms with E-state index in [1.165, 1.54) is 0 Å². The monoisotopic (exact) mass is 286 g/mol. The molecule has 112 valence electrons. The van der Waals surface area contributed by atoms with Crippen molar-refractivity contribution >= 4 is 0 Å². The second-order valence-corrected chi connectivity index (χ2v) is 6.07. The Morgan fingerprint density at radius 3 is 2.52 bits per heavy atom. The zero-order chi connectivity index (χ0) is 15.6. The molecule has 0 saturated carbocycles. The van der Waals surface area contributed by atoms with Crippen LogP contribution in [0.4, 0.5) is 0 Å². The van der Waals surface area contributed by atoms with Crippen LogP contribution in [-0.4, -0.2) is 16.6 Å². The van der Waals surface area contributed by atoms with Crippen LogP contribution in [-0.2, 0) is 5.41 Å². The van der Waals surface area contributed by atoms with Crippen molar-refractivity contribution in [2.24, 2.45) is 0 Å². The lowest BCUT2D eigenvalue weighted by Gasteiger charge is -2.19. The Hall–Kier alpha value is -2.10. The van der Waals surface area contributed by atoms with Gasteiger partial charge in [-0.1, -0.05) is 32.9 Å². The van der Waals surface area contributed by atoms with Crippen molar-refractivity contribution in [3.63, 3.8) is 0 Å². The SMILES string of the molecule is CCOc1ccccc1-c1nc(C(C)(C)C)[nH]c(=O)c1C. The van der Waals surface area contributed by atoms with Gasteiger partial charge in [0.05, 0.1) is 12.3 Å². The summed E-state index contributed by atoms with van der Waals surface area (Å²) >= 11 is 0. The summed E-state index contributed by atoms with van der Waals surface area (Å²) in [4.78, 5) is 19.8. The predicted octanol–water partition coefficient (Wildman–Crippen LogP) is 3.44. The molecule has 21 heavy (non-hydrogen) atoms. The minimum absolute atomic E-state index is 0.101. The number of aromatic nitrogens is 2. The smallest absolute Gasteiger partial charge is 0.254 e. The molecular formula is C17H22N2O2. The number of nitrogens with zero attached hydrogens (tertiary/aromatic N) is 1. The fraction of sp³-hybridized carbons (Fsp3) is 0.412. The molecule has 4 heteroatoms. The van der Waals surface area contributed by atoms with Crippen molar-refractivity contribution in [3.05, 3.63) is 46.0 Å². The molecule has 2 aromatic rings. The van der Waals surface area contributed by atoms with Gasteiger partial charge in [-0.25, -0.2) is 4.98 Å². The van der Waals surface area contributed by atoms with Gasteiger partial charge in [-0.2, -0.15) is 0 Å². The molecule has 1 aromatic heterocycles. The number of aromatic amines is 1. The van der Waals surface area contributed by atoms with Gasteiger partial charge in [-0.15, -0.1) is 0 Å². The molecule has 0 fully saturated rings. The van der Waals surface area contributed by atoms with Crippen LogP contribution in [0.1, 0.15) is 39.1 Å². The molecule has 0 radical (unpaired) electrons. The molecule has 1 N–H and O–H groups in total. The lowest BCUT2D eigenvalue weighted by atomic mass is 9.95. The second-order valence-electron chi connectivity index (χ2n) is 6.07. The third-order valence-electron chi connectivity index (χ3n) is 3.30. The first kappa shape index (κ1) is 15.3. The number of rotatable bonds is 3. The summed E-state index contributed by atoms with van der Waals surface area (Å²) in [5, 5.41) is 0. The van der Waals surface area contributed by atoms with Crippen molar-refractivity contribution in [2.75, 3.05) is 6.61 Å². The fourth-order valence-corrected chi connectivity index (χ4v) is 2.09. The van der Waals surface area contributed by atoms with E-state index in [-0.39, 0.29) is 11.0 Å². The average Bonchev–Trinajstić information content (AvgIpc) is 2.42. The molecule has 0 spiro atoms. The highest BCUT2D eigenvalue weighted by molar-refractivity contribution is 5.69. The number of H-pyrrole nitrogens is 1. The molecule has 0 aliphatic carbocycles. The van der Waals surface area contributed by atoms with E-state index >= 15 is 0 Å². The third kappa shape index (κ3) is 3.15. The predicted molar refractivity (Wildman–Crippen MR) is 84.9 cm³/mol. The number of hydrogen-bond donors (Lipinski definition) is 1. The molecule has 0 bridgehead atoms. The maximum absolute atomic E-state index is 12.2. The van der Waals surface area contributed by atoms with Gasteiger partial charge in [0, 0.05) is 16.5 Å². The summed E-state index contributed by atoms with van der Waals surface area (Å²) in [6, 6.07) is 7.68. The van der Waals surface area contributed by atoms with Crippen molar-refractivity contribution < 1.29 is 4.74 Å². The molecule has 2 rings (SSSR count). The summed E-state index contributed by atoms with van der Waals surface area (Å²) in [6.45, 7) is 10.4. The van der Waals surface area contributed by atoms with E-state index in [9.17, 15) is 4.79 Å². The van der Waals surface area contributed by atoms with Crippen LogP contribution >= 0.6 is 0 Å². The Kier molecular flexibility index (Phi) is 4.16. The van der Waals surface area contributed by atoms with Gasteiger partial charge in [0.1, 0.15) is 11.6 Å². The van der Waals surface area contributed by atoms with Crippen LogP contribution in [0.3, 0.4) is 0 Å². The van der Waals surface area contributed by atoms with E-state index in [0.29, 0.717) is 23.7 Å². The minimum atomic E-state index is -0.220. The molecule has 0 aliphatic heterocycles. The number of nitrogens with one attached hydrogen (secondary N) is 1. The Morgan fingerprint density at radius 2 is 1.90 bits per heavy atom. The zero-order valence-corrected chi connectivity index (χ0v) is 13.3. The Balaban J connectivity index is 2.69. The van der Waals surface area contributed by atoms with Gasteiger partial charge >= 0.3 is 0 Å². The molecule has 4 nitrogen and oxygen atoms in total. The van der Waals surface area contributed by atoms with Crippen LogP contribution in [0.2, 0.25) is 0 Å². The van der Waals surface area contributed by atoms with E-state index in [2.05, 4.69) is 9.97 Å². The molecule has 0 atom stereocenters. The first-order valence-electron chi connectivity index (χ1n) is 7.18. The van der Waals surface area contributed by atoms with E-state index in [4.69, 9.17) is 4.74 Å². The summed E-state index contributed by atoms with van der Waals surface area (Å²) in [5.74, 6) is 1.43. The fourth-order valence-electron chi connectivity index (χ4n) is 2.09. The first-order chi connectivity index (χ1) is 9.84. The molecule has 1 aromatic carbocycles. The molecule has 0 saturated heterocycles. The van der Waals surface area contributed by atoms with E-state index < -0.39 is 0 Å². The van der Waals surface area contributed by atoms with E-state index in [1.54, 1.807) is 6.92 Å². The van der Waals surface area contributed by atoms with Gasteiger partial charge in [-0.05, 0) is 26.0 Å².